The van der Waals surface area contributed by atoms with Gasteiger partial charge < -0.3 is 34.7 Å². The molecule has 0 aliphatic rings. The van der Waals surface area contributed by atoms with E-state index in [1.807, 2.05) is 6.07 Å². The number of aromatic amines is 1. The summed E-state index contributed by atoms with van der Waals surface area (Å²) in [6.45, 7) is 17.0. The highest BCUT2D eigenvalue weighted by Crippen LogP contribution is 2.22. The van der Waals surface area contributed by atoms with Crippen molar-refractivity contribution in [2.24, 2.45) is 0 Å². The number of aryl methyl sites for hydroxylation is 1. The molecule has 1 heterocycles. The predicted molar refractivity (Wildman–Crippen MR) is 205 cm³/mol. The third-order valence-electron chi connectivity index (χ3n) is 7.69. The van der Waals surface area contributed by atoms with Gasteiger partial charge in [0.2, 0.25) is 5.91 Å². The minimum atomic E-state index is -1.37. The summed E-state index contributed by atoms with van der Waals surface area (Å²) in [5.74, 6) is -4.10. The van der Waals surface area contributed by atoms with Gasteiger partial charge in [0.05, 0.1) is 16.5 Å². The summed E-state index contributed by atoms with van der Waals surface area (Å²) in [6.07, 6.45) is -0.893. The van der Waals surface area contributed by atoms with Gasteiger partial charge in [-0.3, -0.25) is 19.2 Å². The molecular formula is C40H54FN5O9. The first kappa shape index (κ1) is 44.1. The van der Waals surface area contributed by atoms with E-state index in [1.165, 1.54) is 12.1 Å². The van der Waals surface area contributed by atoms with E-state index in [-0.39, 0.29) is 36.8 Å². The third-order valence-corrected chi connectivity index (χ3v) is 7.69. The second-order valence-electron chi connectivity index (χ2n) is 16.4. The van der Waals surface area contributed by atoms with Crippen molar-refractivity contribution in [3.05, 3.63) is 69.5 Å². The van der Waals surface area contributed by atoms with E-state index in [4.69, 9.17) is 14.2 Å². The maximum Gasteiger partial charge on any atom is 0.329 e. The maximum absolute atomic E-state index is 15.5. The molecule has 14 nitrogen and oxygen atoms in total. The summed E-state index contributed by atoms with van der Waals surface area (Å²) in [6, 6.07) is 6.71. The number of rotatable bonds is 14. The number of esters is 3. The van der Waals surface area contributed by atoms with Crippen LogP contribution in [0, 0.1) is 12.7 Å². The first-order valence-electron chi connectivity index (χ1n) is 18.1. The van der Waals surface area contributed by atoms with Crippen molar-refractivity contribution >= 4 is 46.3 Å². The number of carbonyl (C=O) groups excluding carboxylic acids is 5. The largest absolute Gasteiger partial charge is 0.460 e. The lowest BCUT2D eigenvalue weighted by Crippen LogP contribution is -2.47. The van der Waals surface area contributed by atoms with Crippen LogP contribution in [0.25, 0.3) is 10.9 Å². The van der Waals surface area contributed by atoms with Gasteiger partial charge in [-0.15, -0.1) is 0 Å². The Morgan fingerprint density at radius 2 is 1.36 bits per heavy atom. The van der Waals surface area contributed by atoms with E-state index in [0.717, 1.165) is 5.56 Å². The van der Waals surface area contributed by atoms with E-state index >= 15 is 4.39 Å². The van der Waals surface area contributed by atoms with Crippen LogP contribution >= 0.6 is 0 Å². The van der Waals surface area contributed by atoms with Crippen LogP contribution in [-0.4, -0.2) is 75.6 Å². The third kappa shape index (κ3) is 14.4. The minimum Gasteiger partial charge on any atom is -0.460 e. The second kappa shape index (κ2) is 17.9. The lowest BCUT2D eigenvalue weighted by molar-refractivity contribution is -0.161. The molecule has 2 amide bonds. The Balaban J connectivity index is 1.73. The molecule has 3 aromatic rings. The summed E-state index contributed by atoms with van der Waals surface area (Å²) in [5.41, 5.74) is -1.41. The van der Waals surface area contributed by atoms with Gasteiger partial charge in [-0.05, 0) is 118 Å². The molecule has 0 aliphatic carbocycles. The number of fused-ring (bicyclic) bond motifs is 1. The molecule has 3 N–H and O–H groups in total. The number of halogens is 1. The topological polar surface area (TPSA) is 186 Å². The molecule has 0 unspecified atom stereocenters. The van der Waals surface area contributed by atoms with Gasteiger partial charge in [-0.1, -0.05) is 6.07 Å². The average Bonchev–Trinajstić information content (AvgIpc) is 3.02. The summed E-state index contributed by atoms with van der Waals surface area (Å²) in [4.78, 5) is 86.3. The Kier molecular flexibility index (Phi) is 14.3. The highest BCUT2D eigenvalue weighted by Gasteiger charge is 2.31. The SMILES string of the molecule is Cc1nc2ccc(CN(C)c3ccc(C(=O)N[C@@H](CCC(=O)N[C@H](CCC(=O)OC(C)(C)C)C(=O)OC(C)(C)C)C(=O)OC(C)(C)C)c(F)c3)cc2c(=O)[nH]1. The van der Waals surface area contributed by atoms with E-state index in [2.05, 4.69) is 20.6 Å². The van der Waals surface area contributed by atoms with Crippen LogP contribution in [0.5, 0.6) is 0 Å². The van der Waals surface area contributed by atoms with Gasteiger partial charge >= 0.3 is 17.9 Å². The fraction of sp³-hybridized carbons (Fsp3) is 0.525. The molecule has 0 radical (unpaired) electrons. The molecule has 2 aromatic carbocycles. The zero-order chi connectivity index (χ0) is 41.5. The van der Waals surface area contributed by atoms with Gasteiger partial charge in [0, 0.05) is 32.1 Å². The first-order valence-corrected chi connectivity index (χ1v) is 18.1. The van der Waals surface area contributed by atoms with Crippen LogP contribution in [0.3, 0.4) is 0 Å². The lowest BCUT2D eigenvalue weighted by Gasteiger charge is -2.26. The fourth-order valence-corrected chi connectivity index (χ4v) is 5.37. The Morgan fingerprint density at radius 3 is 1.93 bits per heavy atom. The van der Waals surface area contributed by atoms with Crippen molar-refractivity contribution in [2.45, 2.75) is 130 Å². The standard InChI is InChI=1S/C40H54FN5O9/c1-23-42-29-15-12-24(20-27(29)35(50)43-23)22-46(11)25-13-14-26(28(41)21-25)34(49)45-31(37(52)55-40(8,9)10)16-18-32(47)44-30(36(51)54-39(5,6)7)17-19-33(48)53-38(2,3)4/h12-15,20-21,30-31H,16-19,22H2,1-11H3,(H,44,47)(H,45,49)(H,42,43,50)/t30-,31+/m1/s1. The Morgan fingerprint density at radius 1 is 0.800 bits per heavy atom. The molecule has 0 saturated heterocycles. The zero-order valence-electron chi connectivity index (χ0n) is 33.6. The molecule has 3 rings (SSSR count). The number of nitrogens with one attached hydrogen (secondary N) is 3. The molecule has 0 spiro atoms. The van der Waals surface area contributed by atoms with Crippen molar-refractivity contribution in [1.82, 2.24) is 20.6 Å². The van der Waals surface area contributed by atoms with Crippen molar-refractivity contribution in [3.63, 3.8) is 0 Å². The van der Waals surface area contributed by atoms with Gasteiger partial charge in [-0.2, -0.15) is 0 Å². The predicted octanol–water partition coefficient (Wildman–Crippen LogP) is 5.18. The van der Waals surface area contributed by atoms with Gasteiger partial charge in [0.15, 0.2) is 0 Å². The second-order valence-corrected chi connectivity index (χ2v) is 16.4. The summed E-state index contributed by atoms with van der Waals surface area (Å²) < 4.78 is 31.8. The van der Waals surface area contributed by atoms with Crippen molar-refractivity contribution in [1.29, 1.82) is 0 Å². The first-order chi connectivity index (χ1) is 25.3. The monoisotopic (exact) mass is 767 g/mol. The summed E-state index contributed by atoms with van der Waals surface area (Å²) >= 11 is 0. The minimum absolute atomic E-state index is 0.106. The number of hydrogen-bond acceptors (Lipinski definition) is 11. The number of hydrogen-bond donors (Lipinski definition) is 3. The number of amides is 2. The van der Waals surface area contributed by atoms with E-state index in [9.17, 15) is 28.8 Å². The molecule has 2 atom stereocenters. The number of H-pyrrole nitrogens is 1. The molecule has 0 bridgehead atoms. The summed E-state index contributed by atoms with van der Waals surface area (Å²) in [5, 5.41) is 5.49. The Labute approximate surface area is 320 Å². The highest BCUT2D eigenvalue weighted by atomic mass is 19.1. The number of aromatic nitrogens is 2. The molecule has 0 saturated carbocycles. The normalized spacial score (nSPS) is 13.0. The van der Waals surface area contributed by atoms with Crippen LogP contribution in [-0.2, 0) is 39.9 Å². The van der Waals surface area contributed by atoms with Gasteiger partial charge in [-0.25, -0.2) is 19.0 Å². The maximum atomic E-state index is 15.5. The molecule has 0 aliphatic heterocycles. The van der Waals surface area contributed by atoms with E-state index < -0.39 is 64.4 Å². The lowest BCUT2D eigenvalue weighted by atomic mass is 10.1. The Hall–Kier alpha value is -5.34. The van der Waals surface area contributed by atoms with Crippen LogP contribution in [0.15, 0.2) is 41.2 Å². The zero-order valence-corrected chi connectivity index (χ0v) is 33.6. The number of ether oxygens (including phenoxy) is 3. The molecule has 15 heteroatoms. The summed E-state index contributed by atoms with van der Waals surface area (Å²) in [7, 11) is 1.73. The van der Waals surface area contributed by atoms with Gasteiger partial charge in [0.1, 0.15) is 40.5 Å². The quantitative estimate of drug-likeness (QED) is 0.145. The molecule has 1 aromatic heterocycles. The Bertz CT molecular complexity index is 1960. The number of benzene rings is 2. The van der Waals surface area contributed by atoms with Crippen molar-refractivity contribution in [3.8, 4) is 0 Å². The molecule has 55 heavy (non-hydrogen) atoms. The fourth-order valence-electron chi connectivity index (χ4n) is 5.37. The number of anilines is 1. The van der Waals surface area contributed by atoms with Crippen molar-refractivity contribution in [2.75, 3.05) is 11.9 Å². The van der Waals surface area contributed by atoms with E-state index in [1.54, 1.807) is 99.4 Å². The number of carbonyl (C=O) groups is 5. The number of nitrogens with zero attached hydrogens (tertiary/aromatic N) is 2. The van der Waals surface area contributed by atoms with Gasteiger partial charge in [0.25, 0.3) is 11.5 Å². The van der Waals surface area contributed by atoms with Crippen molar-refractivity contribution < 1.29 is 42.6 Å². The van der Waals surface area contributed by atoms with Crippen LogP contribution < -0.4 is 21.1 Å². The molecule has 300 valence electrons. The smallest absolute Gasteiger partial charge is 0.329 e. The highest BCUT2D eigenvalue weighted by molar-refractivity contribution is 5.97. The van der Waals surface area contributed by atoms with E-state index in [0.29, 0.717) is 29.0 Å². The average molecular weight is 768 g/mol. The van der Waals surface area contributed by atoms with Crippen LogP contribution in [0.1, 0.15) is 110 Å². The van der Waals surface area contributed by atoms with Crippen LogP contribution in [0.2, 0.25) is 0 Å². The molecular weight excluding hydrogens is 713 g/mol. The van der Waals surface area contributed by atoms with Crippen LogP contribution in [0.4, 0.5) is 10.1 Å². The molecule has 0 fully saturated rings.